The van der Waals surface area contributed by atoms with Crippen LogP contribution in [0.5, 0.6) is 5.75 Å². The van der Waals surface area contributed by atoms with Crippen molar-refractivity contribution in [1.29, 1.82) is 0 Å². The van der Waals surface area contributed by atoms with Crippen LogP contribution in [0, 0.1) is 5.82 Å². The Balaban J connectivity index is 1.56. The van der Waals surface area contributed by atoms with E-state index >= 15 is 0 Å². The van der Waals surface area contributed by atoms with Crippen LogP contribution < -0.4 is 14.8 Å². The molecule has 0 bridgehead atoms. The Kier molecular flexibility index (Phi) is 6.68. The Morgan fingerprint density at radius 2 is 1.56 bits per heavy atom. The highest BCUT2D eigenvalue weighted by Gasteiger charge is 2.30. The Morgan fingerprint density at radius 1 is 0.906 bits per heavy atom. The highest BCUT2D eigenvalue weighted by atomic mass is 32.2. The molecule has 6 nitrogen and oxygen atoms in total. The van der Waals surface area contributed by atoms with Crippen LogP contribution in [0.25, 0.3) is 0 Å². The molecule has 3 aromatic carbocycles. The molecule has 0 aliphatic rings. The lowest BCUT2D eigenvalue weighted by atomic mass is 10.2. The number of nitrogens with one attached hydrogen (secondary N) is 2. The average molecular weight is 468 g/mol. The molecule has 11 heteroatoms. The summed E-state index contributed by atoms with van der Waals surface area (Å²) in [5.74, 6) is -1.11. The first-order chi connectivity index (χ1) is 15.0. The minimum Gasteiger partial charge on any atom is -0.484 e. The van der Waals surface area contributed by atoms with Gasteiger partial charge in [-0.1, -0.05) is 6.07 Å². The molecule has 0 unspecified atom stereocenters. The summed E-state index contributed by atoms with van der Waals surface area (Å²) in [7, 11) is -3.97. The summed E-state index contributed by atoms with van der Waals surface area (Å²) in [6, 6.07) is 14.0. The monoisotopic (exact) mass is 468 g/mol. The molecule has 0 atom stereocenters. The van der Waals surface area contributed by atoms with Gasteiger partial charge >= 0.3 is 6.18 Å². The quantitative estimate of drug-likeness (QED) is 0.494. The molecule has 0 fully saturated rings. The van der Waals surface area contributed by atoms with Crippen molar-refractivity contribution in [2.24, 2.45) is 0 Å². The maximum atomic E-state index is 13.2. The van der Waals surface area contributed by atoms with E-state index in [2.05, 4.69) is 10.0 Å². The van der Waals surface area contributed by atoms with Crippen molar-refractivity contribution in [3.05, 3.63) is 84.2 Å². The summed E-state index contributed by atoms with van der Waals surface area (Å²) in [6.07, 6.45) is -4.47. The van der Waals surface area contributed by atoms with E-state index < -0.39 is 40.1 Å². The summed E-state index contributed by atoms with van der Waals surface area (Å²) < 4.78 is 83.0. The molecule has 0 heterocycles. The van der Waals surface area contributed by atoms with Gasteiger partial charge in [-0.25, -0.2) is 12.8 Å². The Bertz CT molecular complexity index is 1200. The molecule has 0 radical (unpaired) electrons. The van der Waals surface area contributed by atoms with Crippen molar-refractivity contribution < 1.29 is 35.5 Å². The minimum absolute atomic E-state index is 0.0581. The van der Waals surface area contributed by atoms with Crippen LogP contribution in [0.1, 0.15) is 5.56 Å². The molecule has 0 saturated carbocycles. The van der Waals surface area contributed by atoms with Crippen LogP contribution in [-0.4, -0.2) is 20.9 Å². The SMILES string of the molecule is O=C(COc1ccc(C(F)(F)F)cc1)Nc1ccc(S(=O)(=O)Nc2cccc(F)c2)cc1. The van der Waals surface area contributed by atoms with Gasteiger partial charge in [-0.15, -0.1) is 0 Å². The summed E-state index contributed by atoms with van der Waals surface area (Å²) in [4.78, 5) is 11.9. The second-order valence-corrected chi connectivity index (χ2v) is 8.18. The summed E-state index contributed by atoms with van der Waals surface area (Å²) >= 11 is 0. The molecule has 1 amide bonds. The van der Waals surface area contributed by atoms with Gasteiger partial charge < -0.3 is 10.1 Å². The number of benzene rings is 3. The standard InChI is InChI=1S/C21H16F4N2O4S/c22-15-2-1-3-17(12-15)27-32(29,30)19-10-6-16(7-11-19)26-20(28)13-31-18-8-4-14(5-9-18)21(23,24)25/h1-12,27H,13H2,(H,26,28). The fourth-order valence-electron chi connectivity index (χ4n) is 2.57. The second-order valence-electron chi connectivity index (χ2n) is 6.50. The summed E-state index contributed by atoms with van der Waals surface area (Å²) in [6.45, 7) is -0.466. The van der Waals surface area contributed by atoms with Gasteiger partial charge in [-0.05, 0) is 66.7 Å². The fourth-order valence-corrected chi connectivity index (χ4v) is 3.62. The molecular weight excluding hydrogens is 452 g/mol. The van der Waals surface area contributed by atoms with Crippen LogP contribution in [0.4, 0.5) is 28.9 Å². The number of amides is 1. The van der Waals surface area contributed by atoms with E-state index in [-0.39, 0.29) is 22.0 Å². The molecule has 0 aliphatic heterocycles. The maximum absolute atomic E-state index is 13.2. The number of carbonyl (C=O) groups is 1. The van der Waals surface area contributed by atoms with E-state index in [1.807, 2.05) is 0 Å². The van der Waals surface area contributed by atoms with Gasteiger partial charge in [0.25, 0.3) is 15.9 Å². The van der Waals surface area contributed by atoms with Crippen LogP contribution in [0.15, 0.2) is 77.7 Å². The summed E-state index contributed by atoms with van der Waals surface area (Å²) in [5.41, 5.74) is -0.505. The van der Waals surface area contributed by atoms with Gasteiger partial charge in [0.05, 0.1) is 16.1 Å². The van der Waals surface area contributed by atoms with Crippen molar-refractivity contribution in [2.45, 2.75) is 11.1 Å². The highest BCUT2D eigenvalue weighted by molar-refractivity contribution is 7.92. The number of ether oxygens (including phenoxy) is 1. The molecule has 0 saturated heterocycles. The van der Waals surface area contributed by atoms with E-state index in [1.54, 1.807) is 0 Å². The van der Waals surface area contributed by atoms with Crippen molar-refractivity contribution in [3.8, 4) is 5.75 Å². The Hall–Kier alpha value is -3.60. The smallest absolute Gasteiger partial charge is 0.416 e. The number of alkyl halides is 3. The maximum Gasteiger partial charge on any atom is 0.416 e. The van der Waals surface area contributed by atoms with E-state index in [1.165, 1.54) is 42.5 Å². The van der Waals surface area contributed by atoms with Crippen LogP contribution >= 0.6 is 0 Å². The first-order valence-corrected chi connectivity index (χ1v) is 10.5. The van der Waals surface area contributed by atoms with Crippen LogP contribution in [0.2, 0.25) is 0 Å². The van der Waals surface area contributed by atoms with E-state index in [0.29, 0.717) is 0 Å². The lowest BCUT2D eigenvalue weighted by molar-refractivity contribution is -0.137. The Labute approximate surface area is 180 Å². The molecule has 3 rings (SSSR count). The van der Waals surface area contributed by atoms with Gasteiger partial charge in [0.15, 0.2) is 6.61 Å². The number of anilines is 2. The van der Waals surface area contributed by atoms with E-state index in [4.69, 9.17) is 4.74 Å². The molecule has 2 N–H and O–H groups in total. The predicted octanol–water partition coefficient (Wildman–Crippen LogP) is 4.66. The number of hydrogen-bond donors (Lipinski definition) is 2. The lowest BCUT2D eigenvalue weighted by Gasteiger charge is -2.11. The zero-order valence-electron chi connectivity index (χ0n) is 16.2. The first kappa shape index (κ1) is 23.1. The summed E-state index contributed by atoms with van der Waals surface area (Å²) in [5, 5.41) is 2.47. The number of sulfonamides is 1. The molecule has 0 aromatic heterocycles. The molecule has 3 aromatic rings. The third-order valence-corrected chi connectivity index (χ3v) is 5.47. The minimum atomic E-state index is -4.47. The lowest BCUT2D eigenvalue weighted by Crippen LogP contribution is -2.20. The van der Waals surface area contributed by atoms with Crippen LogP contribution in [0.3, 0.4) is 0 Å². The number of carbonyl (C=O) groups excluding carboxylic acids is 1. The van der Waals surface area contributed by atoms with Gasteiger partial charge in [-0.2, -0.15) is 13.2 Å². The fraction of sp³-hybridized carbons (Fsp3) is 0.0952. The van der Waals surface area contributed by atoms with Gasteiger partial charge in [0.1, 0.15) is 11.6 Å². The number of rotatable bonds is 7. The molecule has 0 aliphatic carbocycles. The van der Waals surface area contributed by atoms with E-state index in [9.17, 15) is 30.8 Å². The zero-order valence-corrected chi connectivity index (χ0v) is 17.0. The van der Waals surface area contributed by atoms with Gasteiger partial charge in [0, 0.05) is 5.69 Å². The number of hydrogen-bond acceptors (Lipinski definition) is 4. The van der Waals surface area contributed by atoms with E-state index in [0.717, 1.165) is 30.3 Å². The third kappa shape index (κ3) is 6.20. The largest absolute Gasteiger partial charge is 0.484 e. The van der Waals surface area contributed by atoms with Crippen molar-refractivity contribution in [2.75, 3.05) is 16.6 Å². The van der Waals surface area contributed by atoms with Crippen molar-refractivity contribution in [1.82, 2.24) is 0 Å². The van der Waals surface area contributed by atoms with Crippen molar-refractivity contribution in [3.63, 3.8) is 0 Å². The average Bonchev–Trinajstić information content (AvgIpc) is 2.72. The first-order valence-electron chi connectivity index (χ1n) is 9.01. The predicted molar refractivity (Wildman–Crippen MR) is 109 cm³/mol. The van der Waals surface area contributed by atoms with Gasteiger partial charge in [0.2, 0.25) is 0 Å². The van der Waals surface area contributed by atoms with Crippen molar-refractivity contribution >= 4 is 27.3 Å². The second kappa shape index (κ2) is 9.27. The molecule has 168 valence electrons. The van der Waals surface area contributed by atoms with Gasteiger partial charge in [-0.3, -0.25) is 9.52 Å². The van der Waals surface area contributed by atoms with Crippen LogP contribution in [-0.2, 0) is 21.0 Å². The molecule has 0 spiro atoms. The zero-order chi connectivity index (χ0) is 23.4. The number of halogens is 4. The Morgan fingerprint density at radius 3 is 2.16 bits per heavy atom. The normalized spacial score (nSPS) is 11.6. The molecule has 32 heavy (non-hydrogen) atoms. The topological polar surface area (TPSA) is 84.5 Å². The molecular formula is C21H16F4N2O4S. The third-order valence-electron chi connectivity index (χ3n) is 4.08. The highest BCUT2D eigenvalue weighted by Crippen LogP contribution is 2.30.